The Morgan fingerprint density at radius 3 is 2.34 bits per heavy atom. The molecule has 1 aliphatic rings. The second-order valence-electron chi connectivity index (χ2n) is 7.91. The topological polar surface area (TPSA) is 98.2 Å². The van der Waals surface area contributed by atoms with Gasteiger partial charge in [0.2, 0.25) is 0 Å². The predicted octanol–water partition coefficient (Wildman–Crippen LogP) is 5.83. The van der Waals surface area contributed by atoms with Gasteiger partial charge < -0.3 is 15.5 Å². The molecule has 2 amide bonds. The predicted molar refractivity (Wildman–Crippen MR) is 137 cm³/mol. The van der Waals surface area contributed by atoms with Gasteiger partial charge in [0.25, 0.3) is 11.8 Å². The standard InChI is InChI=1S/C25H23ClFN5O2.CH4/c26-17-9-11-22(29-15-17)31-25(34)19-6-2-3-7-21(19)30-24(33)18-10-8-16(14-20(18)27)23(28)32-12-4-1-5-13-32;/h2-3,6-11,14-15,28H,1,4-5,12-13H2,(H,30,33)(H,29,31,34);1H4. The van der Waals surface area contributed by atoms with Crippen molar-refractivity contribution in [1.82, 2.24) is 9.88 Å². The summed E-state index contributed by atoms with van der Waals surface area (Å²) in [7, 11) is 0. The van der Waals surface area contributed by atoms with Crippen LogP contribution in [-0.4, -0.2) is 40.6 Å². The summed E-state index contributed by atoms with van der Waals surface area (Å²) in [5.41, 5.74) is 0.663. The number of benzene rings is 2. The molecule has 0 unspecified atom stereocenters. The van der Waals surface area contributed by atoms with Gasteiger partial charge in [0, 0.05) is 24.8 Å². The van der Waals surface area contributed by atoms with E-state index >= 15 is 0 Å². The van der Waals surface area contributed by atoms with Crippen LogP contribution in [0.1, 0.15) is 53.0 Å². The number of para-hydroxylation sites is 1. The van der Waals surface area contributed by atoms with E-state index in [0.717, 1.165) is 32.4 Å². The molecule has 0 radical (unpaired) electrons. The zero-order valence-electron chi connectivity index (χ0n) is 18.3. The Bertz CT molecular complexity index is 1230. The molecule has 0 aliphatic carbocycles. The van der Waals surface area contributed by atoms with Crippen molar-refractivity contribution in [2.24, 2.45) is 0 Å². The minimum absolute atomic E-state index is 0. The van der Waals surface area contributed by atoms with Crippen molar-refractivity contribution in [1.29, 1.82) is 5.41 Å². The normalized spacial score (nSPS) is 12.9. The molecule has 0 spiro atoms. The maximum atomic E-state index is 14.8. The Hall–Kier alpha value is -3.78. The molecule has 2 heterocycles. The van der Waals surface area contributed by atoms with Gasteiger partial charge in [-0.2, -0.15) is 0 Å². The van der Waals surface area contributed by atoms with Gasteiger partial charge in [0.15, 0.2) is 0 Å². The number of carbonyl (C=O) groups excluding carboxylic acids is 2. The fourth-order valence-corrected chi connectivity index (χ4v) is 3.87. The zero-order valence-corrected chi connectivity index (χ0v) is 19.0. The van der Waals surface area contributed by atoms with E-state index in [0.29, 0.717) is 16.4 Å². The number of hydrogen-bond acceptors (Lipinski definition) is 4. The van der Waals surface area contributed by atoms with E-state index in [2.05, 4.69) is 15.6 Å². The largest absolute Gasteiger partial charge is 0.357 e. The maximum Gasteiger partial charge on any atom is 0.258 e. The summed E-state index contributed by atoms with van der Waals surface area (Å²) in [6.45, 7) is 1.54. The van der Waals surface area contributed by atoms with Gasteiger partial charge in [-0.05, 0) is 55.7 Å². The molecule has 1 fully saturated rings. The van der Waals surface area contributed by atoms with Crippen LogP contribution in [-0.2, 0) is 0 Å². The number of nitrogens with one attached hydrogen (secondary N) is 3. The van der Waals surface area contributed by atoms with Crippen molar-refractivity contribution in [2.45, 2.75) is 26.7 Å². The van der Waals surface area contributed by atoms with Gasteiger partial charge >= 0.3 is 0 Å². The molecular weight excluding hydrogens is 469 g/mol. The van der Waals surface area contributed by atoms with Crippen LogP contribution in [0.3, 0.4) is 0 Å². The Balaban J connectivity index is 0.00000342. The molecule has 3 aromatic rings. The van der Waals surface area contributed by atoms with E-state index in [1.165, 1.54) is 18.3 Å². The van der Waals surface area contributed by atoms with Crippen LogP contribution in [0, 0.1) is 11.2 Å². The highest BCUT2D eigenvalue weighted by Crippen LogP contribution is 2.21. The van der Waals surface area contributed by atoms with Crippen molar-refractivity contribution in [3.8, 4) is 0 Å². The average Bonchev–Trinajstić information content (AvgIpc) is 2.85. The Morgan fingerprint density at radius 1 is 0.943 bits per heavy atom. The van der Waals surface area contributed by atoms with Gasteiger partial charge in [-0.1, -0.05) is 37.2 Å². The number of hydrogen-bond donors (Lipinski definition) is 3. The second-order valence-corrected chi connectivity index (χ2v) is 8.34. The third-order valence-corrected chi connectivity index (χ3v) is 5.77. The molecule has 2 aromatic carbocycles. The highest BCUT2D eigenvalue weighted by atomic mass is 35.5. The minimum atomic E-state index is -0.732. The number of amidine groups is 1. The fourth-order valence-electron chi connectivity index (χ4n) is 3.76. The minimum Gasteiger partial charge on any atom is -0.357 e. The summed E-state index contributed by atoms with van der Waals surface area (Å²) >= 11 is 5.82. The number of aromatic nitrogens is 1. The number of amides is 2. The van der Waals surface area contributed by atoms with Gasteiger partial charge in [-0.15, -0.1) is 0 Å². The van der Waals surface area contributed by atoms with Gasteiger partial charge in [-0.25, -0.2) is 9.37 Å². The first-order chi connectivity index (χ1) is 16.4. The Labute approximate surface area is 208 Å². The van der Waals surface area contributed by atoms with Crippen molar-refractivity contribution in [3.63, 3.8) is 0 Å². The third kappa shape index (κ3) is 6.22. The summed E-state index contributed by atoms with van der Waals surface area (Å²) < 4.78 is 14.8. The first-order valence-electron chi connectivity index (χ1n) is 10.9. The van der Waals surface area contributed by atoms with Crippen molar-refractivity contribution < 1.29 is 14.0 Å². The molecule has 35 heavy (non-hydrogen) atoms. The van der Waals surface area contributed by atoms with E-state index in [4.69, 9.17) is 17.0 Å². The van der Waals surface area contributed by atoms with Gasteiger partial charge in [0.1, 0.15) is 17.5 Å². The number of nitrogens with zero attached hydrogens (tertiary/aromatic N) is 2. The zero-order chi connectivity index (χ0) is 24.1. The van der Waals surface area contributed by atoms with Crippen LogP contribution >= 0.6 is 11.6 Å². The van der Waals surface area contributed by atoms with Gasteiger partial charge in [0.05, 0.1) is 21.8 Å². The van der Waals surface area contributed by atoms with Crippen LogP contribution in [0.15, 0.2) is 60.8 Å². The van der Waals surface area contributed by atoms with Crippen LogP contribution < -0.4 is 10.6 Å². The molecule has 1 saturated heterocycles. The molecule has 0 saturated carbocycles. The number of piperidine rings is 1. The smallest absolute Gasteiger partial charge is 0.258 e. The number of likely N-dealkylation sites (tertiary alicyclic amines) is 1. The quantitative estimate of drug-likeness (QED) is 0.306. The van der Waals surface area contributed by atoms with Crippen LogP contribution in [0.4, 0.5) is 15.9 Å². The molecule has 1 aliphatic heterocycles. The summed E-state index contributed by atoms with van der Waals surface area (Å²) in [4.78, 5) is 31.5. The molecule has 7 nitrogen and oxygen atoms in total. The van der Waals surface area contributed by atoms with Gasteiger partial charge in [-0.3, -0.25) is 15.0 Å². The first kappa shape index (κ1) is 25.8. The number of pyridine rings is 1. The summed E-state index contributed by atoms with van der Waals surface area (Å²) in [6, 6.07) is 13.7. The highest BCUT2D eigenvalue weighted by Gasteiger charge is 2.20. The molecule has 0 bridgehead atoms. The lowest BCUT2D eigenvalue weighted by molar-refractivity contribution is 0.102. The number of carbonyl (C=O) groups is 2. The maximum absolute atomic E-state index is 14.8. The van der Waals surface area contributed by atoms with E-state index in [1.54, 1.807) is 42.5 Å². The molecule has 1 aromatic heterocycles. The summed E-state index contributed by atoms with van der Waals surface area (Å²) in [5.74, 6) is -1.37. The molecular formula is C26H27ClFN5O2. The number of anilines is 2. The third-order valence-electron chi connectivity index (χ3n) is 5.55. The fraction of sp³-hybridized carbons (Fsp3) is 0.231. The lowest BCUT2D eigenvalue weighted by Crippen LogP contribution is -2.35. The first-order valence-corrected chi connectivity index (χ1v) is 11.3. The van der Waals surface area contributed by atoms with Crippen LogP contribution in [0.5, 0.6) is 0 Å². The summed E-state index contributed by atoms with van der Waals surface area (Å²) in [6.07, 6.45) is 4.55. The molecule has 9 heteroatoms. The van der Waals surface area contributed by atoms with E-state index in [-0.39, 0.29) is 30.1 Å². The van der Waals surface area contributed by atoms with Crippen LogP contribution in [0.2, 0.25) is 5.02 Å². The van der Waals surface area contributed by atoms with E-state index in [9.17, 15) is 14.0 Å². The number of rotatable bonds is 5. The van der Waals surface area contributed by atoms with E-state index in [1.807, 2.05) is 4.90 Å². The van der Waals surface area contributed by atoms with Crippen molar-refractivity contribution in [2.75, 3.05) is 23.7 Å². The molecule has 3 N–H and O–H groups in total. The average molecular weight is 496 g/mol. The van der Waals surface area contributed by atoms with Crippen molar-refractivity contribution >= 4 is 40.8 Å². The van der Waals surface area contributed by atoms with E-state index < -0.39 is 17.6 Å². The SMILES string of the molecule is C.N=C(c1ccc(C(=O)Nc2ccccc2C(=O)Nc2ccc(Cl)cn2)c(F)c1)N1CCCCC1. The monoisotopic (exact) mass is 495 g/mol. The summed E-state index contributed by atoms with van der Waals surface area (Å²) in [5, 5.41) is 14.0. The van der Waals surface area contributed by atoms with Crippen molar-refractivity contribution in [3.05, 3.63) is 88.3 Å². The second kappa shape index (κ2) is 11.6. The Kier molecular flexibility index (Phi) is 8.54. The molecule has 0 atom stereocenters. The Morgan fingerprint density at radius 2 is 1.66 bits per heavy atom. The van der Waals surface area contributed by atoms with Crippen LogP contribution in [0.25, 0.3) is 0 Å². The molecule has 182 valence electrons. The lowest BCUT2D eigenvalue weighted by Gasteiger charge is -2.29. The molecule has 4 rings (SSSR count). The number of halogens is 2. The lowest BCUT2D eigenvalue weighted by atomic mass is 10.1. The highest BCUT2D eigenvalue weighted by molar-refractivity contribution is 6.30.